The molecule has 14 heavy (non-hydrogen) atoms. The number of nitrogens with zero attached hydrogens (tertiary/aromatic N) is 2. The molecule has 0 aliphatic heterocycles. The van der Waals surface area contributed by atoms with Crippen molar-refractivity contribution < 1.29 is 4.74 Å². The van der Waals surface area contributed by atoms with Crippen LogP contribution in [0.1, 0.15) is 5.56 Å². The molecule has 2 rings (SSSR count). The van der Waals surface area contributed by atoms with Crippen molar-refractivity contribution in [2.24, 2.45) is 0 Å². The van der Waals surface area contributed by atoms with E-state index < -0.39 is 0 Å². The zero-order valence-corrected chi connectivity index (χ0v) is 8.53. The molecule has 1 heterocycles. The molecule has 0 saturated carbocycles. The molecule has 0 spiro atoms. The van der Waals surface area contributed by atoms with Crippen LogP contribution in [0.3, 0.4) is 0 Å². The first-order valence-electron chi connectivity index (χ1n) is 4.72. The minimum atomic E-state index is 0.699. The molecule has 0 bridgehead atoms. The summed E-state index contributed by atoms with van der Waals surface area (Å²) in [5.41, 5.74) is 2.44. The Morgan fingerprint density at radius 2 is 2.29 bits per heavy atom. The maximum Gasteiger partial charge on any atom is 0.0686 e. The van der Waals surface area contributed by atoms with Crippen molar-refractivity contribution in [2.45, 2.75) is 13.5 Å². The number of rotatable bonds is 3. The Morgan fingerprint density at radius 1 is 1.43 bits per heavy atom. The van der Waals surface area contributed by atoms with E-state index in [1.807, 2.05) is 10.9 Å². The molecule has 0 atom stereocenters. The summed E-state index contributed by atoms with van der Waals surface area (Å²) in [6.45, 7) is 3.60. The summed E-state index contributed by atoms with van der Waals surface area (Å²) in [5, 5.41) is 5.50. The molecule has 1 aromatic carbocycles. The fraction of sp³-hybridized carbons (Fsp3) is 0.364. The minimum Gasteiger partial charge on any atom is -0.383 e. The van der Waals surface area contributed by atoms with Gasteiger partial charge in [0.15, 0.2) is 0 Å². The molecular formula is C11H14N2O. The van der Waals surface area contributed by atoms with Gasteiger partial charge in [0, 0.05) is 12.5 Å². The molecular weight excluding hydrogens is 176 g/mol. The summed E-state index contributed by atoms with van der Waals surface area (Å²) < 4.78 is 7.01. The van der Waals surface area contributed by atoms with Gasteiger partial charge >= 0.3 is 0 Å². The Morgan fingerprint density at radius 3 is 3.07 bits per heavy atom. The van der Waals surface area contributed by atoms with Crippen LogP contribution in [0.4, 0.5) is 0 Å². The predicted octanol–water partition coefficient (Wildman–Crippen LogP) is 1.99. The van der Waals surface area contributed by atoms with Crippen molar-refractivity contribution in [3.63, 3.8) is 0 Å². The van der Waals surface area contributed by atoms with E-state index >= 15 is 0 Å². The zero-order valence-electron chi connectivity index (χ0n) is 8.53. The molecule has 2 aromatic rings. The first-order valence-corrected chi connectivity index (χ1v) is 4.72. The van der Waals surface area contributed by atoms with Gasteiger partial charge in [-0.3, -0.25) is 4.68 Å². The van der Waals surface area contributed by atoms with Gasteiger partial charge < -0.3 is 4.74 Å². The summed E-state index contributed by atoms with van der Waals surface area (Å²) in [5.74, 6) is 0. The number of hydrogen-bond acceptors (Lipinski definition) is 2. The van der Waals surface area contributed by atoms with Crippen LogP contribution >= 0.6 is 0 Å². The van der Waals surface area contributed by atoms with Gasteiger partial charge in [-0.1, -0.05) is 12.1 Å². The second-order valence-corrected chi connectivity index (χ2v) is 3.42. The van der Waals surface area contributed by atoms with E-state index in [1.54, 1.807) is 7.11 Å². The van der Waals surface area contributed by atoms with Gasteiger partial charge in [-0.05, 0) is 18.6 Å². The van der Waals surface area contributed by atoms with Crippen molar-refractivity contribution in [3.8, 4) is 0 Å². The normalized spacial score (nSPS) is 11.0. The van der Waals surface area contributed by atoms with Gasteiger partial charge in [0.2, 0.25) is 0 Å². The van der Waals surface area contributed by atoms with Crippen LogP contribution in [0, 0.1) is 6.92 Å². The molecule has 0 unspecified atom stereocenters. The molecule has 0 amide bonds. The molecule has 0 aliphatic carbocycles. The molecule has 0 fully saturated rings. The van der Waals surface area contributed by atoms with E-state index in [1.165, 1.54) is 16.5 Å². The third-order valence-electron chi connectivity index (χ3n) is 2.31. The summed E-state index contributed by atoms with van der Waals surface area (Å²) in [6, 6.07) is 6.35. The van der Waals surface area contributed by atoms with Crippen molar-refractivity contribution in [1.82, 2.24) is 9.78 Å². The van der Waals surface area contributed by atoms with Crippen molar-refractivity contribution in [2.75, 3.05) is 13.7 Å². The van der Waals surface area contributed by atoms with Crippen LogP contribution in [0.15, 0.2) is 24.4 Å². The lowest BCUT2D eigenvalue weighted by molar-refractivity contribution is 0.185. The number of ether oxygens (including phenoxy) is 1. The Balaban J connectivity index is 2.40. The number of benzene rings is 1. The highest BCUT2D eigenvalue weighted by Gasteiger charge is 2.01. The average Bonchev–Trinajstić information content (AvgIpc) is 2.57. The Hall–Kier alpha value is -1.35. The molecule has 0 saturated heterocycles. The monoisotopic (exact) mass is 190 g/mol. The second kappa shape index (κ2) is 3.80. The smallest absolute Gasteiger partial charge is 0.0686 e. The fourth-order valence-electron chi connectivity index (χ4n) is 1.54. The molecule has 3 heteroatoms. The van der Waals surface area contributed by atoms with Gasteiger partial charge in [-0.25, -0.2) is 0 Å². The number of aromatic nitrogens is 2. The van der Waals surface area contributed by atoms with Crippen molar-refractivity contribution in [3.05, 3.63) is 30.0 Å². The summed E-state index contributed by atoms with van der Waals surface area (Å²) in [7, 11) is 1.71. The molecule has 74 valence electrons. The van der Waals surface area contributed by atoms with E-state index in [0.717, 1.165) is 6.54 Å². The molecule has 0 N–H and O–H groups in total. The molecule has 1 aromatic heterocycles. The Labute approximate surface area is 83.3 Å². The van der Waals surface area contributed by atoms with Gasteiger partial charge in [0.1, 0.15) is 0 Å². The van der Waals surface area contributed by atoms with E-state index in [4.69, 9.17) is 4.74 Å². The second-order valence-electron chi connectivity index (χ2n) is 3.42. The maximum atomic E-state index is 5.03. The largest absolute Gasteiger partial charge is 0.383 e. The first-order chi connectivity index (χ1) is 6.81. The quantitative estimate of drug-likeness (QED) is 0.740. The van der Waals surface area contributed by atoms with Crippen LogP contribution in [0.2, 0.25) is 0 Å². The summed E-state index contributed by atoms with van der Waals surface area (Å²) >= 11 is 0. The van der Waals surface area contributed by atoms with Crippen LogP contribution in [0.25, 0.3) is 10.9 Å². The van der Waals surface area contributed by atoms with E-state index in [0.29, 0.717) is 6.61 Å². The number of methoxy groups -OCH3 is 1. The van der Waals surface area contributed by atoms with Crippen LogP contribution in [-0.2, 0) is 11.3 Å². The zero-order chi connectivity index (χ0) is 9.97. The van der Waals surface area contributed by atoms with Gasteiger partial charge in [-0.15, -0.1) is 0 Å². The van der Waals surface area contributed by atoms with Gasteiger partial charge in [0.05, 0.1) is 24.9 Å². The SMILES string of the molecule is COCCn1ncc2ccc(C)cc21. The van der Waals surface area contributed by atoms with E-state index in [-0.39, 0.29) is 0 Å². The highest BCUT2D eigenvalue weighted by molar-refractivity contribution is 5.79. The van der Waals surface area contributed by atoms with Gasteiger partial charge in [-0.2, -0.15) is 5.10 Å². The van der Waals surface area contributed by atoms with Crippen LogP contribution in [0.5, 0.6) is 0 Å². The molecule has 0 aliphatic rings. The summed E-state index contributed by atoms with van der Waals surface area (Å²) in [4.78, 5) is 0. The van der Waals surface area contributed by atoms with E-state index in [2.05, 4.69) is 30.2 Å². The van der Waals surface area contributed by atoms with Crippen LogP contribution in [-0.4, -0.2) is 23.5 Å². The highest BCUT2D eigenvalue weighted by Crippen LogP contribution is 2.14. The lowest BCUT2D eigenvalue weighted by atomic mass is 10.2. The lowest BCUT2D eigenvalue weighted by Crippen LogP contribution is -2.05. The van der Waals surface area contributed by atoms with Crippen LogP contribution < -0.4 is 0 Å². The summed E-state index contributed by atoms with van der Waals surface area (Å²) in [6.07, 6.45) is 1.89. The van der Waals surface area contributed by atoms with E-state index in [9.17, 15) is 0 Å². The lowest BCUT2D eigenvalue weighted by Gasteiger charge is -2.02. The number of aryl methyl sites for hydroxylation is 1. The van der Waals surface area contributed by atoms with Crippen molar-refractivity contribution in [1.29, 1.82) is 0 Å². The predicted molar refractivity (Wildman–Crippen MR) is 56.3 cm³/mol. The minimum absolute atomic E-state index is 0.699. The average molecular weight is 190 g/mol. The Bertz CT molecular complexity index is 434. The standard InChI is InChI=1S/C11H14N2O/c1-9-3-4-10-8-12-13(5-6-14-2)11(10)7-9/h3-4,7-8H,5-6H2,1-2H3. The van der Waals surface area contributed by atoms with Crippen molar-refractivity contribution >= 4 is 10.9 Å². The fourth-order valence-corrected chi connectivity index (χ4v) is 1.54. The molecule has 0 radical (unpaired) electrons. The number of fused-ring (bicyclic) bond motifs is 1. The third-order valence-corrected chi connectivity index (χ3v) is 2.31. The number of hydrogen-bond donors (Lipinski definition) is 0. The Kier molecular flexibility index (Phi) is 2.50. The first kappa shape index (κ1) is 9.21. The third kappa shape index (κ3) is 1.63. The highest BCUT2D eigenvalue weighted by atomic mass is 16.5. The topological polar surface area (TPSA) is 27.1 Å². The maximum absolute atomic E-state index is 5.03. The van der Waals surface area contributed by atoms with Gasteiger partial charge in [0.25, 0.3) is 0 Å². The molecule has 3 nitrogen and oxygen atoms in total.